The Kier molecular flexibility index (Phi) is 4.65. The van der Waals surface area contributed by atoms with Gasteiger partial charge in [0.25, 0.3) is 5.91 Å². The number of rotatable bonds is 3. The smallest absolute Gasteiger partial charge is 0.263 e. The molecular formula is C16H24N2O2. The molecule has 1 unspecified atom stereocenters. The SMILES string of the molecule is Cc1cc(C)cc(OC(C)C(=O)N2CCC(N)CC2)c1. The second-order valence-corrected chi connectivity index (χ2v) is 5.75. The standard InChI is InChI=1S/C16H24N2O2/c1-11-8-12(2)10-15(9-11)20-13(3)16(19)18-6-4-14(17)5-7-18/h8-10,13-14H,4-7,17H2,1-3H3. The Bertz CT molecular complexity index is 459. The Morgan fingerprint density at radius 2 is 1.80 bits per heavy atom. The number of likely N-dealkylation sites (tertiary alicyclic amines) is 1. The number of nitrogens with two attached hydrogens (primary N) is 1. The monoisotopic (exact) mass is 276 g/mol. The quantitative estimate of drug-likeness (QED) is 0.919. The van der Waals surface area contributed by atoms with Gasteiger partial charge in [0.2, 0.25) is 0 Å². The highest BCUT2D eigenvalue weighted by Gasteiger charge is 2.25. The minimum absolute atomic E-state index is 0.0519. The molecule has 0 bridgehead atoms. The van der Waals surface area contributed by atoms with Crippen LogP contribution in [0.1, 0.15) is 30.9 Å². The van der Waals surface area contributed by atoms with Crippen molar-refractivity contribution in [3.63, 3.8) is 0 Å². The van der Waals surface area contributed by atoms with Crippen LogP contribution in [0.5, 0.6) is 5.75 Å². The van der Waals surface area contributed by atoms with Crippen molar-refractivity contribution in [3.8, 4) is 5.75 Å². The van der Waals surface area contributed by atoms with Crippen LogP contribution in [-0.4, -0.2) is 36.0 Å². The van der Waals surface area contributed by atoms with E-state index >= 15 is 0 Å². The molecule has 1 aliphatic heterocycles. The molecule has 0 spiro atoms. The van der Waals surface area contributed by atoms with Gasteiger partial charge in [-0.15, -0.1) is 0 Å². The number of carbonyl (C=O) groups excluding carboxylic acids is 1. The number of carbonyl (C=O) groups is 1. The Morgan fingerprint density at radius 1 is 1.25 bits per heavy atom. The summed E-state index contributed by atoms with van der Waals surface area (Å²) in [4.78, 5) is 14.2. The summed E-state index contributed by atoms with van der Waals surface area (Å²) in [5.41, 5.74) is 8.15. The number of aryl methyl sites for hydroxylation is 2. The third-order valence-electron chi connectivity index (χ3n) is 3.71. The minimum atomic E-state index is -0.453. The van der Waals surface area contributed by atoms with E-state index < -0.39 is 6.10 Å². The molecule has 1 heterocycles. The van der Waals surface area contributed by atoms with E-state index in [1.807, 2.05) is 37.8 Å². The fourth-order valence-electron chi connectivity index (χ4n) is 2.63. The fourth-order valence-corrected chi connectivity index (χ4v) is 2.63. The highest BCUT2D eigenvalue weighted by atomic mass is 16.5. The molecule has 110 valence electrons. The van der Waals surface area contributed by atoms with Crippen molar-refractivity contribution in [1.29, 1.82) is 0 Å². The molecule has 1 saturated heterocycles. The Labute approximate surface area is 120 Å². The Morgan fingerprint density at radius 3 is 2.35 bits per heavy atom. The first-order valence-electron chi connectivity index (χ1n) is 7.25. The van der Waals surface area contributed by atoms with Gasteiger partial charge in [0, 0.05) is 19.1 Å². The fraction of sp³-hybridized carbons (Fsp3) is 0.562. The van der Waals surface area contributed by atoms with Crippen LogP contribution in [0.25, 0.3) is 0 Å². The van der Waals surface area contributed by atoms with Gasteiger partial charge in [-0.05, 0) is 56.9 Å². The second-order valence-electron chi connectivity index (χ2n) is 5.75. The van der Waals surface area contributed by atoms with E-state index in [1.54, 1.807) is 0 Å². The van der Waals surface area contributed by atoms with E-state index in [4.69, 9.17) is 10.5 Å². The molecule has 1 amide bonds. The Balaban J connectivity index is 1.97. The molecule has 2 rings (SSSR count). The average Bonchev–Trinajstić information content (AvgIpc) is 2.37. The van der Waals surface area contributed by atoms with Crippen LogP contribution in [0.3, 0.4) is 0 Å². The van der Waals surface area contributed by atoms with E-state index in [-0.39, 0.29) is 11.9 Å². The number of nitrogens with zero attached hydrogens (tertiary/aromatic N) is 1. The number of piperidine rings is 1. The van der Waals surface area contributed by atoms with Crippen LogP contribution in [0.4, 0.5) is 0 Å². The van der Waals surface area contributed by atoms with E-state index in [0.717, 1.165) is 42.8 Å². The first-order chi connectivity index (χ1) is 9.45. The molecule has 0 aromatic heterocycles. The summed E-state index contributed by atoms with van der Waals surface area (Å²) in [7, 11) is 0. The van der Waals surface area contributed by atoms with Crippen molar-refractivity contribution < 1.29 is 9.53 Å². The molecule has 4 heteroatoms. The van der Waals surface area contributed by atoms with Crippen molar-refractivity contribution in [1.82, 2.24) is 4.90 Å². The Hall–Kier alpha value is -1.55. The molecule has 0 saturated carbocycles. The van der Waals surface area contributed by atoms with Crippen molar-refractivity contribution in [2.75, 3.05) is 13.1 Å². The van der Waals surface area contributed by atoms with Crippen molar-refractivity contribution in [2.45, 2.75) is 45.8 Å². The molecule has 4 nitrogen and oxygen atoms in total. The van der Waals surface area contributed by atoms with E-state index in [0.29, 0.717) is 0 Å². The number of hydrogen-bond donors (Lipinski definition) is 1. The van der Waals surface area contributed by atoms with Crippen LogP contribution >= 0.6 is 0 Å². The van der Waals surface area contributed by atoms with Gasteiger partial charge >= 0.3 is 0 Å². The van der Waals surface area contributed by atoms with Crippen LogP contribution < -0.4 is 10.5 Å². The zero-order chi connectivity index (χ0) is 14.7. The summed E-state index contributed by atoms with van der Waals surface area (Å²) in [6.45, 7) is 7.34. The molecule has 1 aromatic carbocycles. The third-order valence-corrected chi connectivity index (χ3v) is 3.71. The van der Waals surface area contributed by atoms with Gasteiger partial charge < -0.3 is 15.4 Å². The van der Waals surface area contributed by atoms with Gasteiger partial charge in [-0.2, -0.15) is 0 Å². The summed E-state index contributed by atoms with van der Waals surface area (Å²) in [6, 6.07) is 6.24. The van der Waals surface area contributed by atoms with Gasteiger partial charge in [-0.3, -0.25) is 4.79 Å². The summed E-state index contributed by atoms with van der Waals surface area (Å²) in [6.07, 6.45) is 1.30. The lowest BCUT2D eigenvalue weighted by Crippen LogP contribution is -2.47. The van der Waals surface area contributed by atoms with Gasteiger partial charge in [-0.25, -0.2) is 0 Å². The molecule has 1 fully saturated rings. The summed E-state index contributed by atoms with van der Waals surface area (Å²) in [5, 5.41) is 0. The normalized spacial score (nSPS) is 17.9. The lowest BCUT2D eigenvalue weighted by atomic mass is 10.1. The highest BCUT2D eigenvalue weighted by molar-refractivity contribution is 5.81. The lowest BCUT2D eigenvalue weighted by Gasteiger charge is -2.32. The molecule has 1 atom stereocenters. The average molecular weight is 276 g/mol. The molecule has 0 radical (unpaired) electrons. The van der Waals surface area contributed by atoms with Gasteiger partial charge in [-0.1, -0.05) is 6.07 Å². The first kappa shape index (κ1) is 14.9. The number of amides is 1. The predicted octanol–water partition coefficient (Wildman–Crippen LogP) is 2.02. The van der Waals surface area contributed by atoms with Crippen LogP contribution in [-0.2, 0) is 4.79 Å². The molecule has 1 aromatic rings. The summed E-state index contributed by atoms with van der Waals surface area (Å²) in [5.74, 6) is 0.813. The predicted molar refractivity (Wildman–Crippen MR) is 79.8 cm³/mol. The van der Waals surface area contributed by atoms with Crippen LogP contribution in [0.15, 0.2) is 18.2 Å². The maximum Gasteiger partial charge on any atom is 0.263 e. The van der Waals surface area contributed by atoms with Gasteiger partial charge in [0.15, 0.2) is 6.10 Å². The van der Waals surface area contributed by atoms with E-state index in [2.05, 4.69) is 6.07 Å². The third kappa shape index (κ3) is 3.73. The van der Waals surface area contributed by atoms with Gasteiger partial charge in [0.05, 0.1) is 0 Å². The number of hydrogen-bond acceptors (Lipinski definition) is 3. The maximum absolute atomic E-state index is 12.3. The zero-order valence-corrected chi connectivity index (χ0v) is 12.6. The zero-order valence-electron chi connectivity index (χ0n) is 12.6. The lowest BCUT2D eigenvalue weighted by molar-refractivity contribution is -0.139. The van der Waals surface area contributed by atoms with Crippen molar-refractivity contribution >= 4 is 5.91 Å². The number of ether oxygens (including phenoxy) is 1. The molecular weight excluding hydrogens is 252 g/mol. The highest BCUT2D eigenvalue weighted by Crippen LogP contribution is 2.19. The van der Waals surface area contributed by atoms with E-state index in [9.17, 15) is 4.79 Å². The number of benzene rings is 1. The second kappa shape index (κ2) is 6.27. The molecule has 2 N–H and O–H groups in total. The van der Waals surface area contributed by atoms with Crippen LogP contribution in [0, 0.1) is 13.8 Å². The van der Waals surface area contributed by atoms with Crippen LogP contribution in [0.2, 0.25) is 0 Å². The minimum Gasteiger partial charge on any atom is -0.481 e. The molecule has 0 aliphatic carbocycles. The summed E-state index contributed by atoms with van der Waals surface area (Å²) < 4.78 is 5.80. The van der Waals surface area contributed by atoms with Crippen molar-refractivity contribution in [2.24, 2.45) is 5.73 Å². The maximum atomic E-state index is 12.3. The topological polar surface area (TPSA) is 55.6 Å². The van der Waals surface area contributed by atoms with Gasteiger partial charge in [0.1, 0.15) is 5.75 Å². The first-order valence-corrected chi connectivity index (χ1v) is 7.25. The van der Waals surface area contributed by atoms with E-state index in [1.165, 1.54) is 0 Å². The molecule has 20 heavy (non-hydrogen) atoms. The largest absolute Gasteiger partial charge is 0.481 e. The van der Waals surface area contributed by atoms with Crippen molar-refractivity contribution in [3.05, 3.63) is 29.3 Å². The summed E-state index contributed by atoms with van der Waals surface area (Å²) >= 11 is 0. The molecule has 1 aliphatic rings.